The summed E-state index contributed by atoms with van der Waals surface area (Å²) < 4.78 is 0. The van der Waals surface area contributed by atoms with Crippen LogP contribution in [0.15, 0.2) is 24.3 Å². The van der Waals surface area contributed by atoms with Crippen LogP contribution in [0.1, 0.15) is 13.8 Å². The van der Waals surface area contributed by atoms with Crippen molar-refractivity contribution >= 4 is 17.3 Å². The van der Waals surface area contributed by atoms with E-state index in [1.807, 2.05) is 24.3 Å². The molecule has 4 nitrogen and oxygen atoms in total. The number of amides is 1. The van der Waals surface area contributed by atoms with E-state index in [4.69, 9.17) is 5.73 Å². The standard InChI is InChI=1S/C14H21N3O/c1-10(2)11(7-15)8-17-9-14(18)16-12-5-3-4-6-13(12)17/h3-6,10-11H,7-9,15H2,1-2H3,(H,16,18). The normalized spacial score (nSPS) is 16.4. The van der Waals surface area contributed by atoms with Crippen molar-refractivity contribution in [3.63, 3.8) is 0 Å². The van der Waals surface area contributed by atoms with Crippen molar-refractivity contribution in [1.29, 1.82) is 0 Å². The zero-order chi connectivity index (χ0) is 13.1. The maximum absolute atomic E-state index is 11.7. The Morgan fingerprint density at radius 3 is 2.78 bits per heavy atom. The molecule has 1 unspecified atom stereocenters. The Morgan fingerprint density at radius 1 is 1.39 bits per heavy atom. The van der Waals surface area contributed by atoms with E-state index in [9.17, 15) is 4.79 Å². The minimum absolute atomic E-state index is 0.0493. The van der Waals surface area contributed by atoms with Crippen molar-refractivity contribution in [1.82, 2.24) is 0 Å². The van der Waals surface area contributed by atoms with Crippen molar-refractivity contribution in [2.24, 2.45) is 17.6 Å². The number of anilines is 2. The second-order valence-electron chi connectivity index (χ2n) is 5.19. The van der Waals surface area contributed by atoms with Gasteiger partial charge in [-0.3, -0.25) is 4.79 Å². The fraction of sp³-hybridized carbons (Fsp3) is 0.500. The van der Waals surface area contributed by atoms with Crippen LogP contribution in [0.2, 0.25) is 0 Å². The molecule has 0 saturated heterocycles. The molecule has 1 aliphatic heterocycles. The lowest BCUT2D eigenvalue weighted by atomic mass is 9.95. The van der Waals surface area contributed by atoms with Crippen molar-refractivity contribution in [2.75, 3.05) is 29.9 Å². The molecule has 1 aliphatic rings. The van der Waals surface area contributed by atoms with Crippen molar-refractivity contribution in [3.8, 4) is 0 Å². The number of rotatable bonds is 4. The Hall–Kier alpha value is -1.55. The predicted molar refractivity (Wildman–Crippen MR) is 74.7 cm³/mol. The molecule has 3 N–H and O–H groups in total. The topological polar surface area (TPSA) is 58.4 Å². The summed E-state index contributed by atoms with van der Waals surface area (Å²) >= 11 is 0. The lowest BCUT2D eigenvalue weighted by molar-refractivity contribution is -0.115. The zero-order valence-corrected chi connectivity index (χ0v) is 11.0. The minimum Gasteiger partial charge on any atom is -0.360 e. The molecule has 18 heavy (non-hydrogen) atoms. The summed E-state index contributed by atoms with van der Waals surface area (Å²) in [5.41, 5.74) is 7.81. The predicted octanol–water partition coefficient (Wildman–Crippen LogP) is 1.68. The van der Waals surface area contributed by atoms with Crippen LogP contribution in [0.3, 0.4) is 0 Å². The molecule has 1 atom stereocenters. The van der Waals surface area contributed by atoms with Crippen LogP contribution < -0.4 is 16.0 Å². The fourth-order valence-corrected chi connectivity index (χ4v) is 2.31. The molecule has 0 aromatic heterocycles. The number of nitrogens with one attached hydrogen (secondary N) is 1. The highest BCUT2D eigenvalue weighted by Gasteiger charge is 2.24. The van der Waals surface area contributed by atoms with Gasteiger partial charge in [-0.05, 0) is 30.5 Å². The summed E-state index contributed by atoms with van der Waals surface area (Å²) in [7, 11) is 0. The van der Waals surface area contributed by atoms with Gasteiger partial charge in [-0.2, -0.15) is 0 Å². The molecule has 1 amide bonds. The van der Waals surface area contributed by atoms with Gasteiger partial charge >= 0.3 is 0 Å². The Balaban J connectivity index is 2.21. The maximum atomic E-state index is 11.7. The van der Waals surface area contributed by atoms with Gasteiger partial charge in [0, 0.05) is 6.54 Å². The first kappa shape index (κ1) is 12.9. The third-order valence-electron chi connectivity index (χ3n) is 3.55. The number of para-hydroxylation sites is 2. The second-order valence-corrected chi connectivity index (χ2v) is 5.19. The molecule has 0 aliphatic carbocycles. The van der Waals surface area contributed by atoms with Crippen LogP contribution >= 0.6 is 0 Å². The molecule has 1 aromatic rings. The van der Waals surface area contributed by atoms with E-state index in [1.54, 1.807) is 0 Å². The molecular weight excluding hydrogens is 226 g/mol. The molecule has 2 rings (SSSR count). The first-order valence-corrected chi connectivity index (χ1v) is 6.45. The molecule has 0 fully saturated rings. The molecule has 0 bridgehead atoms. The molecular formula is C14H21N3O. The second kappa shape index (κ2) is 5.40. The Kier molecular flexibility index (Phi) is 3.87. The summed E-state index contributed by atoms with van der Waals surface area (Å²) in [6, 6.07) is 7.91. The largest absolute Gasteiger partial charge is 0.360 e. The van der Waals surface area contributed by atoms with Crippen molar-refractivity contribution in [3.05, 3.63) is 24.3 Å². The summed E-state index contributed by atoms with van der Waals surface area (Å²) in [6.07, 6.45) is 0. The third-order valence-corrected chi connectivity index (χ3v) is 3.55. The number of carbonyl (C=O) groups is 1. The van der Waals surface area contributed by atoms with Crippen LogP contribution in [0, 0.1) is 11.8 Å². The number of nitrogens with two attached hydrogens (primary N) is 1. The number of benzene rings is 1. The monoisotopic (exact) mass is 247 g/mol. The average molecular weight is 247 g/mol. The van der Waals surface area contributed by atoms with Gasteiger partial charge in [-0.25, -0.2) is 0 Å². The van der Waals surface area contributed by atoms with E-state index in [1.165, 1.54) is 0 Å². The highest BCUT2D eigenvalue weighted by molar-refractivity contribution is 6.01. The van der Waals surface area contributed by atoms with E-state index < -0.39 is 0 Å². The molecule has 0 saturated carbocycles. The van der Waals surface area contributed by atoms with Gasteiger partial charge in [0.1, 0.15) is 0 Å². The van der Waals surface area contributed by atoms with Crippen molar-refractivity contribution in [2.45, 2.75) is 13.8 Å². The van der Waals surface area contributed by atoms with Crippen LogP contribution in [-0.4, -0.2) is 25.5 Å². The number of nitrogens with zero attached hydrogens (tertiary/aromatic N) is 1. The Bertz CT molecular complexity index is 431. The molecule has 0 spiro atoms. The highest BCUT2D eigenvalue weighted by Crippen LogP contribution is 2.30. The SMILES string of the molecule is CC(C)C(CN)CN1CC(=O)Nc2ccccc21. The van der Waals surface area contributed by atoms with Gasteiger partial charge in [-0.1, -0.05) is 26.0 Å². The average Bonchev–Trinajstić information content (AvgIpc) is 2.35. The van der Waals surface area contributed by atoms with Gasteiger partial charge in [-0.15, -0.1) is 0 Å². The van der Waals surface area contributed by atoms with E-state index >= 15 is 0 Å². The Labute approximate surface area is 108 Å². The number of hydrogen-bond acceptors (Lipinski definition) is 3. The summed E-state index contributed by atoms with van der Waals surface area (Å²) in [5, 5.41) is 2.90. The zero-order valence-electron chi connectivity index (χ0n) is 11.0. The fourth-order valence-electron chi connectivity index (χ4n) is 2.31. The molecule has 0 radical (unpaired) electrons. The van der Waals surface area contributed by atoms with E-state index in [-0.39, 0.29) is 5.91 Å². The van der Waals surface area contributed by atoms with Gasteiger partial charge in [0.05, 0.1) is 17.9 Å². The summed E-state index contributed by atoms with van der Waals surface area (Å²) in [4.78, 5) is 13.8. The molecule has 4 heteroatoms. The lowest BCUT2D eigenvalue weighted by Crippen LogP contribution is -2.43. The molecule has 98 valence electrons. The van der Waals surface area contributed by atoms with Gasteiger partial charge in [0.25, 0.3) is 0 Å². The van der Waals surface area contributed by atoms with Gasteiger partial charge in [0.2, 0.25) is 5.91 Å². The smallest absolute Gasteiger partial charge is 0.243 e. The van der Waals surface area contributed by atoms with Gasteiger partial charge in [0.15, 0.2) is 0 Å². The summed E-state index contributed by atoms with van der Waals surface area (Å²) in [6.45, 7) is 6.25. The third kappa shape index (κ3) is 2.64. The van der Waals surface area contributed by atoms with Crippen LogP contribution in [0.4, 0.5) is 11.4 Å². The van der Waals surface area contributed by atoms with Crippen LogP contribution in [-0.2, 0) is 4.79 Å². The first-order chi connectivity index (χ1) is 8.61. The quantitative estimate of drug-likeness (QED) is 0.851. The van der Waals surface area contributed by atoms with Crippen LogP contribution in [0.25, 0.3) is 0 Å². The van der Waals surface area contributed by atoms with Crippen molar-refractivity contribution < 1.29 is 4.79 Å². The number of carbonyl (C=O) groups excluding carboxylic acids is 1. The van der Waals surface area contributed by atoms with E-state index in [0.29, 0.717) is 24.9 Å². The Morgan fingerprint density at radius 2 is 2.11 bits per heavy atom. The molecule has 1 aromatic carbocycles. The molecule has 1 heterocycles. The van der Waals surface area contributed by atoms with E-state index in [0.717, 1.165) is 17.9 Å². The van der Waals surface area contributed by atoms with E-state index in [2.05, 4.69) is 24.1 Å². The lowest BCUT2D eigenvalue weighted by Gasteiger charge is -2.34. The highest BCUT2D eigenvalue weighted by atomic mass is 16.2. The number of hydrogen-bond donors (Lipinski definition) is 2. The first-order valence-electron chi connectivity index (χ1n) is 6.45. The maximum Gasteiger partial charge on any atom is 0.243 e. The van der Waals surface area contributed by atoms with Gasteiger partial charge < -0.3 is 16.0 Å². The number of fused-ring (bicyclic) bond motifs is 1. The summed E-state index contributed by atoms with van der Waals surface area (Å²) in [5.74, 6) is 0.976. The minimum atomic E-state index is 0.0493. The van der Waals surface area contributed by atoms with Crippen LogP contribution in [0.5, 0.6) is 0 Å².